The van der Waals surface area contributed by atoms with Crippen molar-refractivity contribution in [3.63, 3.8) is 0 Å². The standard InChI is InChI=1S/C15H18F4N2O4/c1-3-8(2)11(13(23)24)21-12(22)9-4-5-10(20-6-9)25-7-15(18,19)14(16)17/h4-6,8,11,14H,3,7H2,1-2H3,(H,21,22)(H,23,24). The van der Waals surface area contributed by atoms with Crippen LogP contribution in [0.3, 0.4) is 0 Å². The lowest BCUT2D eigenvalue weighted by molar-refractivity contribution is -0.148. The first-order valence-corrected chi connectivity index (χ1v) is 7.37. The number of carboxylic acid groups (broad SMARTS) is 1. The van der Waals surface area contributed by atoms with Gasteiger partial charge in [-0.15, -0.1) is 0 Å². The van der Waals surface area contributed by atoms with Crippen molar-refractivity contribution in [2.45, 2.75) is 38.7 Å². The van der Waals surface area contributed by atoms with Crippen LogP contribution in [0.4, 0.5) is 17.6 Å². The normalized spacial score (nSPS) is 14.0. The van der Waals surface area contributed by atoms with Gasteiger partial charge in [0.15, 0.2) is 6.61 Å². The van der Waals surface area contributed by atoms with Gasteiger partial charge in [0.2, 0.25) is 5.88 Å². The number of nitrogens with zero attached hydrogens (tertiary/aromatic N) is 1. The Labute approximate surface area is 141 Å². The van der Waals surface area contributed by atoms with Gasteiger partial charge in [0.1, 0.15) is 6.04 Å². The summed E-state index contributed by atoms with van der Waals surface area (Å²) in [5.41, 5.74) is -0.0254. The van der Waals surface area contributed by atoms with E-state index < -0.39 is 36.9 Å². The number of ether oxygens (including phenoxy) is 1. The number of carbonyl (C=O) groups excluding carboxylic acids is 1. The average molecular weight is 366 g/mol. The molecule has 0 bridgehead atoms. The Hall–Kier alpha value is -2.39. The molecule has 10 heteroatoms. The van der Waals surface area contributed by atoms with Gasteiger partial charge in [-0.25, -0.2) is 18.6 Å². The van der Waals surface area contributed by atoms with Gasteiger partial charge in [-0.1, -0.05) is 20.3 Å². The van der Waals surface area contributed by atoms with Crippen LogP contribution in [0.5, 0.6) is 5.88 Å². The maximum Gasteiger partial charge on any atom is 0.340 e. The molecule has 0 radical (unpaired) electrons. The van der Waals surface area contributed by atoms with Crippen molar-refractivity contribution >= 4 is 11.9 Å². The number of hydrogen-bond donors (Lipinski definition) is 2. The summed E-state index contributed by atoms with van der Waals surface area (Å²) in [4.78, 5) is 26.8. The molecule has 1 aromatic rings. The minimum atomic E-state index is -4.32. The van der Waals surface area contributed by atoms with Crippen LogP contribution >= 0.6 is 0 Å². The molecule has 0 saturated carbocycles. The Balaban J connectivity index is 2.72. The lowest BCUT2D eigenvalue weighted by atomic mass is 9.99. The second kappa shape index (κ2) is 8.63. The molecule has 0 aliphatic rings. The fourth-order valence-electron chi connectivity index (χ4n) is 1.74. The molecule has 1 aromatic heterocycles. The van der Waals surface area contributed by atoms with Gasteiger partial charge < -0.3 is 15.2 Å². The number of alkyl halides is 4. The first kappa shape index (κ1) is 20.7. The van der Waals surface area contributed by atoms with Crippen LogP contribution in [-0.2, 0) is 4.79 Å². The molecule has 0 fully saturated rings. The van der Waals surface area contributed by atoms with Crippen LogP contribution in [0.1, 0.15) is 30.6 Å². The summed E-state index contributed by atoms with van der Waals surface area (Å²) in [7, 11) is 0. The molecule has 0 aliphatic carbocycles. The molecule has 2 atom stereocenters. The number of nitrogens with one attached hydrogen (secondary N) is 1. The molecule has 1 heterocycles. The number of aromatic nitrogens is 1. The van der Waals surface area contributed by atoms with E-state index in [1.54, 1.807) is 13.8 Å². The zero-order valence-corrected chi connectivity index (χ0v) is 13.5. The molecule has 0 spiro atoms. The summed E-state index contributed by atoms with van der Waals surface area (Å²) >= 11 is 0. The average Bonchev–Trinajstić information content (AvgIpc) is 2.57. The van der Waals surface area contributed by atoms with Crippen LogP contribution in [0.15, 0.2) is 18.3 Å². The minimum absolute atomic E-state index is 0.0254. The van der Waals surface area contributed by atoms with Gasteiger partial charge in [-0.2, -0.15) is 8.78 Å². The van der Waals surface area contributed by atoms with Crippen LogP contribution in [0.2, 0.25) is 0 Å². The molecular weight excluding hydrogens is 348 g/mol. The molecule has 2 N–H and O–H groups in total. The molecule has 6 nitrogen and oxygen atoms in total. The van der Waals surface area contributed by atoms with Crippen molar-refractivity contribution in [2.75, 3.05) is 6.61 Å². The summed E-state index contributed by atoms with van der Waals surface area (Å²) in [5.74, 6) is -6.90. The number of rotatable bonds is 9. The smallest absolute Gasteiger partial charge is 0.340 e. The van der Waals surface area contributed by atoms with Crippen LogP contribution < -0.4 is 10.1 Å². The predicted molar refractivity (Wildman–Crippen MR) is 79.0 cm³/mol. The van der Waals surface area contributed by atoms with Crippen LogP contribution in [0, 0.1) is 5.92 Å². The van der Waals surface area contributed by atoms with E-state index in [2.05, 4.69) is 15.0 Å². The molecule has 0 aliphatic heterocycles. The van der Waals surface area contributed by atoms with Gasteiger partial charge in [0, 0.05) is 12.3 Å². The highest BCUT2D eigenvalue weighted by atomic mass is 19.3. The zero-order valence-electron chi connectivity index (χ0n) is 13.5. The van der Waals surface area contributed by atoms with Crippen molar-refractivity contribution < 1.29 is 37.0 Å². The molecule has 0 aromatic carbocycles. The largest absolute Gasteiger partial charge is 0.480 e. The van der Waals surface area contributed by atoms with Crippen molar-refractivity contribution in [1.29, 1.82) is 0 Å². The van der Waals surface area contributed by atoms with E-state index in [1.807, 2.05) is 0 Å². The fraction of sp³-hybridized carbons (Fsp3) is 0.533. The molecule has 2 unspecified atom stereocenters. The molecule has 140 valence electrons. The number of amides is 1. The number of pyridine rings is 1. The van der Waals surface area contributed by atoms with E-state index >= 15 is 0 Å². The van der Waals surface area contributed by atoms with Crippen molar-refractivity contribution in [3.05, 3.63) is 23.9 Å². The molecule has 0 saturated heterocycles. The Kier molecular flexibility index (Phi) is 7.13. The number of carbonyl (C=O) groups is 2. The first-order chi connectivity index (χ1) is 11.6. The lowest BCUT2D eigenvalue weighted by Gasteiger charge is -2.20. The highest BCUT2D eigenvalue weighted by Gasteiger charge is 2.41. The summed E-state index contributed by atoms with van der Waals surface area (Å²) in [6.45, 7) is 1.88. The second-order valence-corrected chi connectivity index (χ2v) is 5.41. The summed E-state index contributed by atoms with van der Waals surface area (Å²) in [6, 6.07) is 1.11. The predicted octanol–water partition coefficient (Wildman–Crippen LogP) is 2.59. The number of halogens is 4. The summed E-state index contributed by atoms with van der Waals surface area (Å²) < 4.78 is 54.0. The number of aliphatic carboxylic acids is 1. The third-order valence-corrected chi connectivity index (χ3v) is 3.50. The Bertz CT molecular complexity index is 596. The molecule has 25 heavy (non-hydrogen) atoms. The Morgan fingerprint density at radius 2 is 2.00 bits per heavy atom. The molecule has 1 amide bonds. The maximum absolute atomic E-state index is 12.7. The summed E-state index contributed by atoms with van der Waals surface area (Å²) in [6.07, 6.45) is -2.37. The topological polar surface area (TPSA) is 88.5 Å². The zero-order chi connectivity index (χ0) is 19.2. The van der Waals surface area contributed by atoms with Gasteiger partial charge in [-0.3, -0.25) is 4.79 Å². The van der Waals surface area contributed by atoms with Gasteiger partial charge in [-0.05, 0) is 12.0 Å². The summed E-state index contributed by atoms with van der Waals surface area (Å²) in [5, 5.41) is 11.5. The fourth-order valence-corrected chi connectivity index (χ4v) is 1.74. The first-order valence-electron chi connectivity index (χ1n) is 7.37. The van der Waals surface area contributed by atoms with E-state index in [9.17, 15) is 27.2 Å². The van der Waals surface area contributed by atoms with Crippen molar-refractivity contribution in [3.8, 4) is 5.88 Å². The van der Waals surface area contributed by atoms with Gasteiger partial charge in [0.05, 0.1) is 5.56 Å². The monoisotopic (exact) mass is 366 g/mol. The Morgan fingerprint density at radius 3 is 2.44 bits per heavy atom. The van der Waals surface area contributed by atoms with E-state index in [1.165, 1.54) is 0 Å². The van der Waals surface area contributed by atoms with Crippen molar-refractivity contribution in [1.82, 2.24) is 10.3 Å². The Morgan fingerprint density at radius 1 is 1.36 bits per heavy atom. The van der Waals surface area contributed by atoms with E-state index in [0.717, 1.165) is 18.3 Å². The molecular formula is C15H18F4N2O4. The second-order valence-electron chi connectivity index (χ2n) is 5.41. The quantitative estimate of drug-likeness (QED) is 0.656. The van der Waals surface area contributed by atoms with Gasteiger partial charge in [0.25, 0.3) is 5.91 Å². The number of hydrogen-bond acceptors (Lipinski definition) is 4. The highest BCUT2D eigenvalue weighted by Crippen LogP contribution is 2.23. The maximum atomic E-state index is 12.7. The highest BCUT2D eigenvalue weighted by molar-refractivity contribution is 5.96. The van der Waals surface area contributed by atoms with E-state index in [4.69, 9.17) is 5.11 Å². The van der Waals surface area contributed by atoms with Crippen LogP contribution in [0.25, 0.3) is 0 Å². The van der Waals surface area contributed by atoms with Gasteiger partial charge >= 0.3 is 18.3 Å². The lowest BCUT2D eigenvalue weighted by Crippen LogP contribution is -2.45. The third kappa shape index (κ3) is 5.87. The van der Waals surface area contributed by atoms with Crippen molar-refractivity contribution in [2.24, 2.45) is 5.92 Å². The third-order valence-electron chi connectivity index (χ3n) is 3.50. The minimum Gasteiger partial charge on any atom is -0.480 e. The van der Waals surface area contributed by atoms with Crippen LogP contribution in [-0.4, -0.2) is 47.0 Å². The SMILES string of the molecule is CCC(C)C(NC(=O)c1ccc(OCC(F)(F)C(F)F)nc1)C(=O)O. The van der Waals surface area contributed by atoms with E-state index in [0.29, 0.717) is 6.42 Å². The number of carboxylic acids is 1. The molecule has 1 rings (SSSR count). The van der Waals surface area contributed by atoms with E-state index in [-0.39, 0.29) is 17.4 Å².